The number of rotatable bonds is 5. The van der Waals surface area contributed by atoms with Crippen LogP contribution in [0.3, 0.4) is 0 Å². The van der Waals surface area contributed by atoms with Gasteiger partial charge in [-0.05, 0) is 37.9 Å². The van der Waals surface area contributed by atoms with Crippen molar-refractivity contribution < 1.29 is 30.8 Å². The zero-order valence-electron chi connectivity index (χ0n) is 10.4. The fourth-order valence-corrected chi connectivity index (χ4v) is 10.6. The zero-order valence-corrected chi connectivity index (χ0v) is 15.4. The van der Waals surface area contributed by atoms with Crippen LogP contribution >= 0.6 is 0 Å². The van der Waals surface area contributed by atoms with Gasteiger partial charge in [0.25, 0.3) is 0 Å². The molecule has 0 aliphatic carbocycles. The second-order valence-electron chi connectivity index (χ2n) is 5.32. The maximum atomic E-state index is 10.6. The van der Waals surface area contributed by atoms with E-state index in [1.165, 1.54) is 0 Å². The second-order valence-corrected chi connectivity index (χ2v) is 17.1. The van der Waals surface area contributed by atoms with E-state index in [9.17, 15) is 4.79 Å². The van der Waals surface area contributed by atoms with E-state index in [1.807, 2.05) is 0 Å². The minimum Gasteiger partial charge on any atom is -0.481 e. The van der Waals surface area contributed by atoms with Gasteiger partial charge >= 0.3 is 5.97 Å². The average Bonchev–Trinajstić information content (AvgIpc) is 1.78. The van der Waals surface area contributed by atoms with E-state index in [-0.39, 0.29) is 23.2 Å². The van der Waals surface area contributed by atoms with Crippen LogP contribution in [0.5, 0.6) is 0 Å². The number of hydrogen-bond donors (Lipinski definition) is 1. The van der Waals surface area contributed by atoms with Crippen LogP contribution in [0.4, 0.5) is 0 Å². The Labute approximate surface area is 108 Å². The Kier molecular flexibility index (Phi) is 7.61. The summed E-state index contributed by atoms with van der Waals surface area (Å²) in [5.41, 5.74) is 0. The topological polar surface area (TPSA) is 46.5 Å². The second kappa shape index (κ2) is 6.35. The molecule has 1 unspecified atom stereocenters. The van der Waals surface area contributed by atoms with E-state index >= 15 is 0 Å². The Balaban J connectivity index is 0. The molecule has 0 fully saturated rings. The van der Waals surface area contributed by atoms with Crippen LogP contribution in [-0.4, -0.2) is 38.0 Å². The van der Waals surface area contributed by atoms with Gasteiger partial charge in [0.05, 0.1) is 0 Å². The van der Waals surface area contributed by atoms with Gasteiger partial charge in [-0.2, -0.15) is 0 Å². The Morgan fingerprint density at radius 1 is 1.33 bits per heavy atom. The van der Waals surface area contributed by atoms with Crippen molar-refractivity contribution in [1.29, 1.82) is 0 Å². The average molecular weight is 309 g/mol. The normalized spacial score (nSPS) is 14.5. The molecule has 0 aromatic heterocycles. The predicted octanol–water partition coefficient (Wildman–Crippen LogP) is 1.21. The molecule has 93 valence electrons. The molecule has 7 heteroatoms. The minimum atomic E-state index is -1.76. The molecule has 0 aromatic rings. The molecule has 0 saturated carbocycles. The minimum absolute atomic E-state index is 0. The maximum absolute atomic E-state index is 10.6. The first-order valence-corrected chi connectivity index (χ1v) is 12.5. The molecule has 1 atom stereocenters. The van der Waals surface area contributed by atoms with Crippen LogP contribution in [0.25, 0.3) is 0 Å². The van der Waals surface area contributed by atoms with Crippen molar-refractivity contribution >= 4 is 32.8 Å². The van der Waals surface area contributed by atoms with Crippen LogP contribution in [0.1, 0.15) is 6.42 Å². The van der Waals surface area contributed by atoms with Gasteiger partial charge in [0.1, 0.15) is 0 Å². The summed E-state index contributed by atoms with van der Waals surface area (Å²) in [6, 6.07) is 0. The van der Waals surface area contributed by atoms with Gasteiger partial charge in [0, 0.05) is 33.4 Å². The van der Waals surface area contributed by atoms with Crippen LogP contribution in [0.15, 0.2) is 0 Å². The van der Waals surface area contributed by atoms with Gasteiger partial charge in [-0.3, -0.25) is 4.79 Å². The fourth-order valence-electron chi connectivity index (χ4n) is 1.40. The van der Waals surface area contributed by atoms with Gasteiger partial charge in [0.2, 0.25) is 0 Å². The van der Waals surface area contributed by atoms with Gasteiger partial charge < -0.3 is 9.22 Å². The number of carboxylic acids is 1. The summed E-state index contributed by atoms with van der Waals surface area (Å²) in [5.74, 6) is -0.690. The molecular weight excluding hydrogens is 287 g/mol. The van der Waals surface area contributed by atoms with Crippen molar-refractivity contribution in [2.75, 3.05) is 0 Å². The standard InChI is InChI=1S/C8H22O3Si3.Co/c1-13(2,3)11-14(4,5)8(12)6-7(9)10;/h8H,6H2,1-5,12H3,(H,9,10);. The van der Waals surface area contributed by atoms with Crippen LogP contribution < -0.4 is 0 Å². The van der Waals surface area contributed by atoms with E-state index in [2.05, 4.69) is 32.7 Å². The molecule has 0 aromatic carbocycles. The quantitative estimate of drug-likeness (QED) is 0.777. The molecule has 1 radical (unpaired) electrons. The Morgan fingerprint density at radius 2 is 1.73 bits per heavy atom. The predicted molar refractivity (Wildman–Crippen MR) is 67.9 cm³/mol. The maximum Gasteiger partial charge on any atom is 0.303 e. The summed E-state index contributed by atoms with van der Waals surface area (Å²) in [4.78, 5) is 10.6. The van der Waals surface area contributed by atoms with E-state index in [1.54, 1.807) is 0 Å². The van der Waals surface area contributed by atoms with Crippen molar-refractivity contribution in [3.05, 3.63) is 0 Å². The Morgan fingerprint density at radius 3 is 2.00 bits per heavy atom. The molecule has 0 rings (SSSR count). The zero-order chi connectivity index (χ0) is 11.6. The molecule has 0 saturated heterocycles. The summed E-state index contributed by atoms with van der Waals surface area (Å²) in [7, 11) is -2.36. The van der Waals surface area contributed by atoms with Crippen molar-refractivity contribution in [2.24, 2.45) is 0 Å². The molecule has 0 bridgehead atoms. The molecule has 0 amide bonds. The molecule has 15 heavy (non-hydrogen) atoms. The van der Waals surface area contributed by atoms with E-state index in [0.717, 1.165) is 10.2 Å². The Bertz CT molecular complexity index is 216. The van der Waals surface area contributed by atoms with Gasteiger partial charge in [-0.15, -0.1) is 0 Å². The van der Waals surface area contributed by atoms with Gasteiger partial charge in [-0.25, -0.2) is 0 Å². The van der Waals surface area contributed by atoms with Crippen molar-refractivity contribution in [3.8, 4) is 0 Å². The van der Waals surface area contributed by atoms with Crippen LogP contribution in [0, 0.1) is 0 Å². The summed E-state index contributed by atoms with van der Waals surface area (Å²) >= 11 is 0. The molecule has 0 spiro atoms. The van der Waals surface area contributed by atoms with Gasteiger partial charge in [0.15, 0.2) is 16.6 Å². The smallest absolute Gasteiger partial charge is 0.303 e. The third-order valence-corrected chi connectivity index (χ3v) is 13.9. The largest absolute Gasteiger partial charge is 0.481 e. The van der Waals surface area contributed by atoms with Crippen LogP contribution in [-0.2, 0) is 25.7 Å². The number of aliphatic carboxylic acids is 1. The molecule has 0 aliphatic heterocycles. The van der Waals surface area contributed by atoms with E-state index in [0.29, 0.717) is 5.16 Å². The first kappa shape index (κ1) is 18.0. The molecule has 3 nitrogen and oxygen atoms in total. The van der Waals surface area contributed by atoms with Gasteiger partial charge in [-0.1, -0.05) is 0 Å². The SMILES string of the molecule is C[Si](C)(C)O[Si](C)(C)C([SiH3])CC(=O)O.[Co]. The van der Waals surface area contributed by atoms with E-state index < -0.39 is 22.6 Å². The summed E-state index contributed by atoms with van der Waals surface area (Å²) in [5, 5.41) is 9.06. The van der Waals surface area contributed by atoms with Crippen molar-refractivity contribution in [2.45, 2.75) is 44.3 Å². The first-order chi connectivity index (χ1) is 6.04. The van der Waals surface area contributed by atoms with E-state index in [4.69, 9.17) is 9.22 Å². The van der Waals surface area contributed by atoms with Crippen LogP contribution in [0.2, 0.25) is 37.9 Å². The molecule has 0 aliphatic rings. The molecular formula is C8H22CoO3Si3. The first-order valence-electron chi connectivity index (χ1n) is 4.96. The van der Waals surface area contributed by atoms with Crippen molar-refractivity contribution in [1.82, 2.24) is 0 Å². The molecule has 1 N–H and O–H groups in total. The van der Waals surface area contributed by atoms with Crippen molar-refractivity contribution in [3.63, 3.8) is 0 Å². The summed E-state index contributed by atoms with van der Waals surface area (Å²) < 4.78 is 6.14. The third kappa shape index (κ3) is 8.40. The monoisotopic (exact) mass is 309 g/mol. The third-order valence-electron chi connectivity index (χ3n) is 2.24. The molecule has 0 heterocycles. The summed E-state index contributed by atoms with van der Waals surface area (Å²) in [6.45, 7) is 10.8. The summed E-state index contributed by atoms with van der Waals surface area (Å²) in [6.07, 6.45) is 0.288. The number of hydrogen-bond acceptors (Lipinski definition) is 2. The Hall–Kier alpha value is 0.587. The number of carboxylic acid groups (broad SMARTS) is 1. The fraction of sp³-hybridized carbons (Fsp3) is 0.875. The number of carbonyl (C=O) groups is 1.